The lowest BCUT2D eigenvalue weighted by atomic mass is 10.0. The van der Waals surface area contributed by atoms with Crippen molar-refractivity contribution < 1.29 is 8.42 Å². The second-order valence-corrected chi connectivity index (χ2v) is 6.89. The molecule has 6 nitrogen and oxygen atoms in total. The molecule has 1 rings (SSSR count). The normalized spacial score (nSPS) is 14.4. The van der Waals surface area contributed by atoms with E-state index in [-0.39, 0.29) is 11.1 Å². The molecule has 7 heteroatoms. The summed E-state index contributed by atoms with van der Waals surface area (Å²) in [6, 6.07) is 0.00591. The molecular formula is C11H22N4O2S. The number of imidazole rings is 1. The number of nitrogens with two attached hydrogens (primary N) is 1. The van der Waals surface area contributed by atoms with Gasteiger partial charge in [0.1, 0.15) is 0 Å². The van der Waals surface area contributed by atoms with Crippen molar-refractivity contribution in [1.29, 1.82) is 0 Å². The van der Waals surface area contributed by atoms with Gasteiger partial charge in [0.25, 0.3) is 10.0 Å². The van der Waals surface area contributed by atoms with Crippen LogP contribution in [0.3, 0.4) is 0 Å². The molecule has 0 spiro atoms. The number of aromatic nitrogens is 2. The summed E-state index contributed by atoms with van der Waals surface area (Å²) in [6.07, 6.45) is 3.61. The summed E-state index contributed by atoms with van der Waals surface area (Å²) in [5.74, 6) is 0.343. The maximum absolute atomic E-state index is 12.1. The zero-order valence-corrected chi connectivity index (χ0v) is 12.2. The predicted molar refractivity (Wildman–Crippen MR) is 70.5 cm³/mol. The maximum Gasteiger partial charge on any atom is 0.261 e. The molecule has 1 aromatic rings. The highest BCUT2D eigenvalue weighted by molar-refractivity contribution is 7.89. The minimum atomic E-state index is -3.49. The van der Waals surface area contributed by atoms with Crippen LogP contribution in [0.5, 0.6) is 0 Å². The topological polar surface area (TPSA) is 81.2 Å². The fourth-order valence-corrected chi connectivity index (χ4v) is 2.61. The summed E-state index contributed by atoms with van der Waals surface area (Å²) in [7, 11) is -0.204. The van der Waals surface area contributed by atoms with Crippen molar-refractivity contribution >= 4 is 10.0 Å². The first kappa shape index (κ1) is 15.1. The second kappa shape index (κ2) is 5.81. The van der Waals surface area contributed by atoms with Gasteiger partial charge in [0.2, 0.25) is 0 Å². The Hall–Kier alpha value is -0.920. The second-order valence-electron chi connectivity index (χ2n) is 4.90. The molecule has 0 aliphatic carbocycles. The van der Waals surface area contributed by atoms with E-state index in [1.54, 1.807) is 18.7 Å². The molecule has 0 amide bonds. The lowest BCUT2D eigenvalue weighted by Gasteiger charge is -2.20. The highest BCUT2D eigenvalue weighted by atomic mass is 32.2. The SMILES string of the molecule is CC(C)C(N)CCN(C)S(=O)(=O)c1cn(C)cn1. The Morgan fingerprint density at radius 3 is 2.56 bits per heavy atom. The molecule has 1 aromatic heterocycles. The minimum Gasteiger partial charge on any atom is -0.339 e. The van der Waals surface area contributed by atoms with Gasteiger partial charge in [-0.25, -0.2) is 13.4 Å². The lowest BCUT2D eigenvalue weighted by Crippen LogP contribution is -2.34. The van der Waals surface area contributed by atoms with Gasteiger partial charge in [0, 0.05) is 32.9 Å². The van der Waals surface area contributed by atoms with Crippen LogP contribution in [-0.4, -0.2) is 41.9 Å². The minimum absolute atomic E-state index is 0.00591. The van der Waals surface area contributed by atoms with Crippen LogP contribution in [0.25, 0.3) is 0 Å². The smallest absolute Gasteiger partial charge is 0.261 e. The first-order chi connectivity index (χ1) is 8.25. The average Bonchev–Trinajstić information content (AvgIpc) is 2.72. The van der Waals surface area contributed by atoms with Gasteiger partial charge < -0.3 is 10.3 Å². The molecule has 0 aromatic carbocycles. The molecule has 1 unspecified atom stereocenters. The Labute approximate surface area is 109 Å². The van der Waals surface area contributed by atoms with Crippen LogP contribution in [0.1, 0.15) is 20.3 Å². The fourth-order valence-electron chi connectivity index (χ4n) is 1.47. The summed E-state index contributed by atoms with van der Waals surface area (Å²) in [6.45, 7) is 4.45. The Balaban J connectivity index is 2.69. The van der Waals surface area contributed by atoms with Crippen LogP contribution in [0.15, 0.2) is 17.6 Å². The zero-order valence-electron chi connectivity index (χ0n) is 11.4. The van der Waals surface area contributed by atoms with Crippen LogP contribution in [-0.2, 0) is 17.1 Å². The van der Waals surface area contributed by atoms with E-state index in [2.05, 4.69) is 4.98 Å². The number of hydrogen-bond donors (Lipinski definition) is 1. The maximum atomic E-state index is 12.1. The van der Waals surface area contributed by atoms with Crippen molar-refractivity contribution in [2.24, 2.45) is 18.7 Å². The van der Waals surface area contributed by atoms with Crippen molar-refractivity contribution in [2.45, 2.75) is 31.3 Å². The largest absolute Gasteiger partial charge is 0.339 e. The van der Waals surface area contributed by atoms with Gasteiger partial charge in [0.15, 0.2) is 5.03 Å². The third-order valence-corrected chi connectivity index (χ3v) is 4.73. The van der Waals surface area contributed by atoms with E-state index in [4.69, 9.17) is 5.73 Å². The van der Waals surface area contributed by atoms with Gasteiger partial charge in [-0.1, -0.05) is 13.8 Å². The summed E-state index contributed by atoms with van der Waals surface area (Å²) >= 11 is 0. The van der Waals surface area contributed by atoms with Crippen molar-refractivity contribution in [2.75, 3.05) is 13.6 Å². The van der Waals surface area contributed by atoms with Crippen molar-refractivity contribution in [1.82, 2.24) is 13.9 Å². The van der Waals surface area contributed by atoms with Gasteiger partial charge >= 0.3 is 0 Å². The number of hydrogen-bond acceptors (Lipinski definition) is 4. The van der Waals surface area contributed by atoms with E-state index in [0.29, 0.717) is 18.9 Å². The van der Waals surface area contributed by atoms with Gasteiger partial charge in [-0.05, 0) is 12.3 Å². The number of rotatable bonds is 6. The molecular weight excluding hydrogens is 252 g/mol. The van der Waals surface area contributed by atoms with E-state index in [0.717, 1.165) is 0 Å². The summed E-state index contributed by atoms with van der Waals surface area (Å²) in [4.78, 5) is 3.87. The molecule has 104 valence electrons. The molecule has 0 bridgehead atoms. The first-order valence-electron chi connectivity index (χ1n) is 5.95. The average molecular weight is 274 g/mol. The molecule has 0 saturated heterocycles. The molecule has 0 aliphatic rings. The fraction of sp³-hybridized carbons (Fsp3) is 0.727. The molecule has 18 heavy (non-hydrogen) atoms. The van der Waals surface area contributed by atoms with E-state index in [1.807, 2.05) is 13.8 Å². The van der Waals surface area contributed by atoms with E-state index in [1.165, 1.54) is 16.8 Å². The van der Waals surface area contributed by atoms with Crippen LogP contribution in [0.4, 0.5) is 0 Å². The van der Waals surface area contributed by atoms with Gasteiger partial charge in [-0.2, -0.15) is 4.31 Å². The third kappa shape index (κ3) is 3.54. The number of aryl methyl sites for hydroxylation is 1. The highest BCUT2D eigenvalue weighted by Gasteiger charge is 2.23. The van der Waals surface area contributed by atoms with Gasteiger partial charge in [0.05, 0.1) is 6.33 Å². The monoisotopic (exact) mass is 274 g/mol. The van der Waals surface area contributed by atoms with Crippen molar-refractivity contribution in [3.63, 3.8) is 0 Å². The molecule has 0 aliphatic heterocycles. The first-order valence-corrected chi connectivity index (χ1v) is 7.39. The number of nitrogens with zero attached hydrogens (tertiary/aromatic N) is 3. The standard InChI is InChI=1S/C11H22N4O2S/c1-9(2)10(12)5-6-15(4)18(16,17)11-7-14(3)8-13-11/h7-10H,5-6,12H2,1-4H3. The molecule has 1 atom stereocenters. The third-order valence-electron chi connectivity index (χ3n) is 2.99. The quantitative estimate of drug-likeness (QED) is 0.815. The molecule has 1 heterocycles. The van der Waals surface area contributed by atoms with Crippen LogP contribution in [0, 0.1) is 5.92 Å². The van der Waals surface area contributed by atoms with Gasteiger partial charge in [-0.15, -0.1) is 0 Å². The van der Waals surface area contributed by atoms with Gasteiger partial charge in [-0.3, -0.25) is 0 Å². The van der Waals surface area contributed by atoms with E-state index < -0.39 is 10.0 Å². The summed E-state index contributed by atoms with van der Waals surface area (Å²) < 4.78 is 27.2. The van der Waals surface area contributed by atoms with E-state index in [9.17, 15) is 8.42 Å². The highest BCUT2D eigenvalue weighted by Crippen LogP contribution is 2.12. The number of sulfonamides is 1. The lowest BCUT2D eigenvalue weighted by molar-refractivity contribution is 0.396. The zero-order chi connectivity index (χ0) is 13.9. The van der Waals surface area contributed by atoms with E-state index >= 15 is 0 Å². The van der Waals surface area contributed by atoms with Crippen molar-refractivity contribution in [3.8, 4) is 0 Å². The molecule has 0 fully saturated rings. The Kier molecular flexibility index (Phi) is 4.89. The molecule has 0 radical (unpaired) electrons. The van der Waals surface area contributed by atoms with Crippen LogP contribution in [0.2, 0.25) is 0 Å². The summed E-state index contributed by atoms with van der Waals surface area (Å²) in [5.41, 5.74) is 5.91. The predicted octanol–water partition coefficient (Wildman–Crippen LogP) is 0.414. The molecule has 2 N–H and O–H groups in total. The molecule has 0 saturated carbocycles. The Morgan fingerprint density at radius 1 is 1.50 bits per heavy atom. The Morgan fingerprint density at radius 2 is 2.11 bits per heavy atom. The van der Waals surface area contributed by atoms with Crippen molar-refractivity contribution in [3.05, 3.63) is 12.5 Å². The van der Waals surface area contributed by atoms with Crippen LogP contribution >= 0.6 is 0 Å². The Bertz CT molecular complexity index is 481. The summed E-state index contributed by atoms with van der Waals surface area (Å²) in [5, 5.41) is 0.0746. The van der Waals surface area contributed by atoms with Crippen LogP contribution < -0.4 is 5.73 Å².